The molecule has 1 unspecified atom stereocenters. The van der Waals surface area contributed by atoms with Crippen LogP contribution in [0.1, 0.15) is 12.5 Å². The highest BCUT2D eigenvalue weighted by molar-refractivity contribution is 6.30. The molecule has 11 heteroatoms. The van der Waals surface area contributed by atoms with Crippen molar-refractivity contribution >= 4 is 17.4 Å². The lowest BCUT2D eigenvalue weighted by atomic mass is 10.1. The predicted octanol–water partition coefficient (Wildman–Crippen LogP) is 2.50. The fourth-order valence-electron chi connectivity index (χ4n) is 3.54. The lowest BCUT2D eigenvalue weighted by Gasteiger charge is -2.09. The maximum Gasteiger partial charge on any atom is 0.190 e. The van der Waals surface area contributed by atoms with E-state index in [-0.39, 0.29) is 22.4 Å². The van der Waals surface area contributed by atoms with Gasteiger partial charge in [-0.2, -0.15) is 9.78 Å². The first kappa shape index (κ1) is 18.6. The SMILES string of the molecule is Nc1ncc(-c2cnn(C3CCNC3)c2)cc1-c1nnnn1-c1cccc(Cl)c1F. The van der Waals surface area contributed by atoms with Crippen molar-refractivity contribution in [3.63, 3.8) is 0 Å². The van der Waals surface area contributed by atoms with Crippen molar-refractivity contribution in [2.75, 3.05) is 18.8 Å². The van der Waals surface area contributed by atoms with Crippen LogP contribution in [0.4, 0.5) is 10.2 Å². The number of nitrogen functional groups attached to an aromatic ring is 1. The van der Waals surface area contributed by atoms with Crippen LogP contribution in [0, 0.1) is 5.82 Å². The Labute approximate surface area is 175 Å². The summed E-state index contributed by atoms with van der Waals surface area (Å²) in [5, 5.41) is 19.4. The van der Waals surface area contributed by atoms with Crippen molar-refractivity contribution in [1.82, 2.24) is 40.3 Å². The fourth-order valence-corrected chi connectivity index (χ4v) is 3.71. The van der Waals surface area contributed by atoms with Gasteiger partial charge in [0.15, 0.2) is 11.6 Å². The summed E-state index contributed by atoms with van der Waals surface area (Å²) in [6.45, 7) is 1.88. The largest absolute Gasteiger partial charge is 0.383 e. The van der Waals surface area contributed by atoms with Gasteiger partial charge in [-0.1, -0.05) is 17.7 Å². The third kappa shape index (κ3) is 3.19. The Morgan fingerprint density at radius 2 is 2.13 bits per heavy atom. The molecular weight excluding hydrogens is 409 g/mol. The lowest BCUT2D eigenvalue weighted by molar-refractivity contribution is 0.491. The number of nitrogens with one attached hydrogen (secondary N) is 1. The Kier molecular flexibility index (Phi) is 4.64. The third-order valence-electron chi connectivity index (χ3n) is 5.13. The van der Waals surface area contributed by atoms with Gasteiger partial charge < -0.3 is 11.1 Å². The number of hydrogen-bond donors (Lipinski definition) is 2. The maximum atomic E-state index is 14.5. The van der Waals surface area contributed by atoms with Crippen LogP contribution in [0.5, 0.6) is 0 Å². The summed E-state index contributed by atoms with van der Waals surface area (Å²) in [4.78, 5) is 4.29. The van der Waals surface area contributed by atoms with E-state index in [9.17, 15) is 4.39 Å². The van der Waals surface area contributed by atoms with Crippen molar-refractivity contribution in [3.05, 3.63) is 53.7 Å². The van der Waals surface area contributed by atoms with Crippen molar-refractivity contribution in [3.8, 4) is 28.2 Å². The van der Waals surface area contributed by atoms with Gasteiger partial charge in [0.2, 0.25) is 0 Å². The van der Waals surface area contributed by atoms with E-state index in [2.05, 4.69) is 30.9 Å². The number of tetrazole rings is 1. The lowest BCUT2D eigenvalue weighted by Crippen LogP contribution is -2.13. The van der Waals surface area contributed by atoms with Gasteiger partial charge in [0, 0.05) is 30.1 Å². The van der Waals surface area contributed by atoms with Gasteiger partial charge in [-0.25, -0.2) is 9.37 Å². The molecule has 3 N–H and O–H groups in total. The molecule has 1 aliphatic rings. The Bertz CT molecular complexity index is 1210. The van der Waals surface area contributed by atoms with E-state index in [1.54, 1.807) is 18.5 Å². The molecule has 1 saturated heterocycles. The average molecular weight is 426 g/mol. The predicted molar refractivity (Wildman–Crippen MR) is 110 cm³/mol. The second kappa shape index (κ2) is 7.47. The van der Waals surface area contributed by atoms with E-state index >= 15 is 0 Å². The number of nitrogens with two attached hydrogens (primary N) is 1. The molecule has 0 bridgehead atoms. The molecule has 30 heavy (non-hydrogen) atoms. The molecule has 9 nitrogen and oxygen atoms in total. The Morgan fingerprint density at radius 3 is 2.97 bits per heavy atom. The zero-order valence-electron chi connectivity index (χ0n) is 15.7. The molecule has 1 fully saturated rings. The first-order valence-electron chi connectivity index (χ1n) is 9.35. The number of nitrogens with zero attached hydrogens (tertiary/aromatic N) is 7. The second-order valence-electron chi connectivity index (χ2n) is 7.00. The second-order valence-corrected chi connectivity index (χ2v) is 7.41. The zero-order chi connectivity index (χ0) is 20.7. The minimum Gasteiger partial charge on any atom is -0.383 e. The molecule has 4 heterocycles. The van der Waals surface area contributed by atoms with Gasteiger partial charge in [0.1, 0.15) is 11.5 Å². The molecule has 0 amide bonds. The van der Waals surface area contributed by atoms with Crippen LogP contribution in [0.2, 0.25) is 5.02 Å². The Balaban J connectivity index is 1.56. The summed E-state index contributed by atoms with van der Waals surface area (Å²) in [6.07, 6.45) is 6.47. The number of pyridine rings is 1. The van der Waals surface area contributed by atoms with Gasteiger partial charge in [-0.05, 0) is 41.6 Å². The molecular formula is C19H17ClFN9. The Morgan fingerprint density at radius 1 is 1.23 bits per heavy atom. The highest BCUT2D eigenvalue weighted by Crippen LogP contribution is 2.31. The molecule has 0 aliphatic carbocycles. The summed E-state index contributed by atoms with van der Waals surface area (Å²) >= 11 is 5.91. The standard InChI is InChI=1S/C19H17ClFN9/c20-15-2-1-3-16(17(15)21)30-19(26-27-28-30)14-6-11(7-24-18(14)22)12-8-25-29(10-12)13-4-5-23-9-13/h1-3,6-8,10,13,23H,4-5,9H2,(H2,22,24). The van der Waals surface area contributed by atoms with Gasteiger partial charge in [-0.15, -0.1) is 5.10 Å². The van der Waals surface area contributed by atoms with Crippen LogP contribution in [-0.2, 0) is 0 Å². The summed E-state index contributed by atoms with van der Waals surface area (Å²) in [7, 11) is 0. The van der Waals surface area contributed by atoms with E-state index in [0.717, 1.165) is 30.6 Å². The van der Waals surface area contributed by atoms with E-state index in [4.69, 9.17) is 17.3 Å². The van der Waals surface area contributed by atoms with E-state index in [0.29, 0.717) is 11.6 Å². The smallest absolute Gasteiger partial charge is 0.190 e. The molecule has 0 spiro atoms. The molecule has 152 valence electrons. The quantitative estimate of drug-likeness (QED) is 0.516. The first-order chi connectivity index (χ1) is 14.6. The third-order valence-corrected chi connectivity index (χ3v) is 5.42. The summed E-state index contributed by atoms with van der Waals surface area (Å²) < 4.78 is 17.8. The van der Waals surface area contributed by atoms with Gasteiger partial charge in [0.25, 0.3) is 0 Å². The molecule has 1 atom stereocenters. The van der Waals surface area contributed by atoms with Crippen LogP contribution < -0.4 is 11.1 Å². The van der Waals surface area contributed by atoms with E-state index < -0.39 is 5.82 Å². The number of benzene rings is 1. The summed E-state index contributed by atoms with van der Waals surface area (Å²) in [5.41, 5.74) is 8.40. The molecule has 0 radical (unpaired) electrons. The monoisotopic (exact) mass is 425 g/mol. The topological polar surface area (TPSA) is 112 Å². The molecule has 4 aromatic rings. The van der Waals surface area contributed by atoms with Gasteiger partial charge in [0.05, 0.1) is 22.8 Å². The molecule has 3 aromatic heterocycles. The van der Waals surface area contributed by atoms with Crippen LogP contribution in [0.25, 0.3) is 28.2 Å². The summed E-state index contributed by atoms with van der Waals surface area (Å²) in [6, 6.07) is 6.77. The Hall–Kier alpha value is -3.37. The zero-order valence-corrected chi connectivity index (χ0v) is 16.5. The van der Waals surface area contributed by atoms with E-state index in [1.165, 1.54) is 16.8 Å². The maximum absolute atomic E-state index is 14.5. The van der Waals surface area contributed by atoms with Crippen LogP contribution in [0.3, 0.4) is 0 Å². The highest BCUT2D eigenvalue weighted by Gasteiger charge is 2.20. The molecule has 1 aromatic carbocycles. The molecule has 1 aliphatic heterocycles. The number of aromatic nitrogens is 7. The average Bonchev–Trinajstić information content (AvgIpc) is 3.51. The van der Waals surface area contributed by atoms with Crippen LogP contribution >= 0.6 is 11.6 Å². The normalized spacial score (nSPS) is 16.3. The highest BCUT2D eigenvalue weighted by atomic mass is 35.5. The summed E-state index contributed by atoms with van der Waals surface area (Å²) in [5.74, 6) is -0.137. The van der Waals surface area contributed by atoms with Gasteiger partial charge >= 0.3 is 0 Å². The number of anilines is 1. The van der Waals surface area contributed by atoms with Crippen LogP contribution in [-0.4, -0.2) is 48.1 Å². The number of hydrogen-bond acceptors (Lipinski definition) is 7. The van der Waals surface area contributed by atoms with Gasteiger partial charge in [-0.3, -0.25) is 4.68 Å². The number of rotatable bonds is 4. The van der Waals surface area contributed by atoms with Crippen molar-refractivity contribution in [2.45, 2.75) is 12.5 Å². The van der Waals surface area contributed by atoms with Crippen molar-refractivity contribution in [2.24, 2.45) is 0 Å². The van der Waals surface area contributed by atoms with Crippen LogP contribution in [0.15, 0.2) is 42.9 Å². The number of halogens is 2. The fraction of sp³-hybridized carbons (Fsp3) is 0.211. The van der Waals surface area contributed by atoms with Crippen molar-refractivity contribution in [1.29, 1.82) is 0 Å². The first-order valence-corrected chi connectivity index (χ1v) is 9.73. The minimum atomic E-state index is -0.623. The van der Waals surface area contributed by atoms with Crippen molar-refractivity contribution < 1.29 is 4.39 Å². The molecule has 5 rings (SSSR count). The minimum absolute atomic E-state index is 0.0254. The molecule has 0 saturated carbocycles. The van der Waals surface area contributed by atoms with E-state index in [1.807, 2.05) is 16.9 Å².